The molecule has 10 nitrogen and oxygen atoms in total. The number of anilines is 1. The normalized spacial score (nSPS) is 11.8. The first kappa shape index (κ1) is 23.8. The molecule has 0 fully saturated rings. The number of nitrogens with one attached hydrogen (secondary N) is 2. The minimum absolute atomic E-state index is 0.119. The van der Waals surface area contributed by atoms with Gasteiger partial charge in [-0.2, -0.15) is 5.21 Å². The summed E-state index contributed by atoms with van der Waals surface area (Å²) >= 11 is 0. The highest BCUT2D eigenvalue weighted by molar-refractivity contribution is 7.91. The van der Waals surface area contributed by atoms with E-state index in [1.54, 1.807) is 12.1 Å². The number of H-pyrrole nitrogens is 1. The van der Waals surface area contributed by atoms with Crippen molar-refractivity contribution < 1.29 is 8.42 Å². The van der Waals surface area contributed by atoms with Crippen LogP contribution in [0.2, 0.25) is 0 Å². The van der Waals surface area contributed by atoms with Crippen molar-refractivity contribution in [2.75, 3.05) is 4.72 Å². The Bertz CT molecular complexity index is 1850. The Morgan fingerprint density at radius 1 is 0.921 bits per heavy atom. The number of rotatable bonds is 8. The van der Waals surface area contributed by atoms with Crippen LogP contribution in [0.5, 0.6) is 0 Å². The van der Waals surface area contributed by atoms with Gasteiger partial charge >= 0.3 is 0 Å². The van der Waals surface area contributed by atoms with E-state index in [2.05, 4.69) is 25.3 Å². The molecule has 6 rings (SSSR count). The van der Waals surface area contributed by atoms with E-state index in [-0.39, 0.29) is 5.75 Å². The third-order valence-corrected chi connectivity index (χ3v) is 7.59. The van der Waals surface area contributed by atoms with Gasteiger partial charge in [0, 0.05) is 17.6 Å². The number of nitrogens with two attached hydrogens (primary N) is 1. The third kappa shape index (κ3) is 4.72. The molecule has 0 spiro atoms. The average molecular weight is 525 g/mol. The summed E-state index contributed by atoms with van der Waals surface area (Å²) in [5.74, 6) is 0.313. The SMILES string of the molecule is NCc1ccc2cc(-c3nn[nH]n3)n(Cc3cc(NS(=O)(=O)Cc4ccccc4)cc4ccccc34)c2n1. The van der Waals surface area contributed by atoms with Crippen molar-refractivity contribution in [2.24, 2.45) is 5.73 Å². The first-order valence-corrected chi connectivity index (χ1v) is 13.6. The molecule has 0 radical (unpaired) electrons. The molecule has 3 aromatic carbocycles. The van der Waals surface area contributed by atoms with Gasteiger partial charge in [0.1, 0.15) is 5.65 Å². The number of pyridine rings is 1. The monoisotopic (exact) mass is 524 g/mol. The van der Waals surface area contributed by atoms with Gasteiger partial charge in [-0.05, 0) is 57.4 Å². The molecule has 6 aromatic rings. The maximum atomic E-state index is 13.0. The number of fused-ring (bicyclic) bond motifs is 2. The molecule has 3 aromatic heterocycles. The Labute approximate surface area is 218 Å². The molecule has 0 bridgehead atoms. The van der Waals surface area contributed by atoms with E-state index in [4.69, 9.17) is 10.7 Å². The van der Waals surface area contributed by atoms with Crippen molar-refractivity contribution >= 4 is 37.5 Å². The van der Waals surface area contributed by atoms with Crippen LogP contribution in [0.1, 0.15) is 16.8 Å². The lowest BCUT2D eigenvalue weighted by atomic mass is 10.0. The highest BCUT2D eigenvalue weighted by Gasteiger charge is 2.18. The van der Waals surface area contributed by atoms with Crippen molar-refractivity contribution in [3.8, 4) is 11.5 Å². The van der Waals surface area contributed by atoms with Gasteiger partial charge in [-0.1, -0.05) is 54.6 Å². The molecule has 0 aliphatic carbocycles. The summed E-state index contributed by atoms with van der Waals surface area (Å²) in [7, 11) is -3.64. The lowest BCUT2D eigenvalue weighted by Gasteiger charge is -2.15. The van der Waals surface area contributed by atoms with Crippen LogP contribution in [0.4, 0.5) is 5.69 Å². The van der Waals surface area contributed by atoms with Crippen LogP contribution >= 0.6 is 0 Å². The molecule has 3 heterocycles. The molecule has 0 saturated carbocycles. The van der Waals surface area contributed by atoms with Crippen LogP contribution in [-0.2, 0) is 28.9 Å². The Kier molecular flexibility index (Phi) is 6.06. The second-order valence-corrected chi connectivity index (χ2v) is 10.7. The Hall–Kier alpha value is -4.61. The van der Waals surface area contributed by atoms with E-state index in [1.165, 1.54) is 0 Å². The van der Waals surface area contributed by atoms with Crippen molar-refractivity contribution in [3.63, 3.8) is 0 Å². The molecular weight excluding hydrogens is 500 g/mol. The first-order valence-electron chi connectivity index (χ1n) is 12.0. The van der Waals surface area contributed by atoms with Gasteiger partial charge in [0.2, 0.25) is 15.8 Å². The molecule has 190 valence electrons. The lowest BCUT2D eigenvalue weighted by molar-refractivity contribution is 0.600. The number of hydrogen-bond donors (Lipinski definition) is 3. The smallest absolute Gasteiger partial charge is 0.236 e. The van der Waals surface area contributed by atoms with Crippen LogP contribution < -0.4 is 10.5 Å². The molecule has 0 aliphatic heterocycles. The van der Waals surface area contributed by atoms with Crippen LogP contribution in [0.25, 0.3) is 33.3 Å². The highest BCUT2D eigenvalue weighted by Crippen LogP contribution is 2.30. The van der Waals surface area contributed by atoms with E-state index >= 15 is 0 Å². The van der Waals surface area contributed by atoms with Crippen LogP contribution in [0.15, 0.2) is 84.9 Å². The van der Waals surface area contributed by atoms with Gasteiger partial charge in [0.25, 0.3) is 0 Å². The number of aromatic amines is 1. The van der Waals surface area contributed by atoms with Gasteiger partial charge in [-0.15, -0.1) is 10.2 Å². The maximum Gasteiger partial charge on any atom is 0.236 e. The Balaban J connectivity index is 1.45. The van der Waals surface area contributed by atoms with Crippen molar-refractivity contribution in [1.29, 1.82) is 0 Å². The van der Waals surface area contributed by atoms with Gasteiger partial charge in [-0.25, -0.2) is 13.4 Å². The zero-order valence-corrected chi connectivity index (χ0v) is 21.1. The minimum Gasteiger partial charge on any atom is -0.325 e. The standard InChI is InChI=1S/C27H24N8O2S/c28-15-22-11-10-20-14-25(26-30-33-34-31-26)35(27(20)29-22)16-21-13-23(12-19-8-4-5-9-24(19)21)32-38(36,37)17-18-6-2-1-3-7-18/h1-14,32H,15-17,28H2,(H,30,31,33,34). The van der Waals surface area contributed by atoms with Crippen LogP contribution in [0, 0.1) is 0 Å². The fourth-order valence-corrected chi connectivity index (χ4v) is 5.84. The molecule has 0 aliphatic rings. The lowest BCUT2D eigenvalue weighted by Crippen LogP contribution is -2.15. The number of hydrogen-bond acceptors (Lipinski definition) is 7. The third-order valence-electron chi connectivity index (χ3n) is 6.33. The molecular formula is C27H24N8O2S. The Morgan fingerprint density at radius 2 is 1.74 bits per heavy atom. The zero-order chi connectivity index (χ0) is 26.1. The Morgan fingerprint density at radius 3 is 2.53 bits per heavy atom. The summed E-state index contributed by atoms with van der Waals surface area (Å²) in [6.45, 7) is 0.698. The van der Waals surface area contributed by atoms with E-state index in [1.807, 2.05) is 77.4 Å². The molecule has 4 N–H and O–H groups in total. The fraction of sp³-hybridized carbons (Fsp3) is 0.111. The van der Waals surface area contributed by atoms with Crippen molar-refractivity contribution in [2.45, 2.75) is 18.8 Å². The van der Waals surface area contributed by atoms with Gasteiger partial charge < -0.3 is 10.3 Å². The molecule has 0 saturated heterocycles. The van der Waals surface area contributed by atoms with Gasteiger partial charge in [-0.3, -0.25) is 4.72 Å². The van der Waals surface area contributed by atoms with E-state index in [0.717, 1.165) is 38.8 Å². The average Bonchev–Trinajstić information content (AvgIpc) is 3.57. The van der Waals surface area contributed by atoms with Crippen molar-refractivity contribution in [1.82, 2.24) is 30.2 Å². The van der Waals surface area contributed by atoms with E-state index < -0.39 is 10.0 Å². The number of benzene rings is 3. The number of tetrazole rings is 1. The molecule has 38 heavy (non-hydrogen) atoms. The van der Waals surface area contributed by atoms with Gasteiger partial charge in [0.15, 0.2) is 0 Å². The second kappa shape index (κ2) is 9.69. The molecule has 0 amide bonds. The maximum absolute atomic E-state index is 13.0. The summed E-state index contributed by atoms with van der Waals surface area (Å²) in [5, 5.41) is 17.4. The predicted octanol–water partition coefficient (Wildman–Crippen LogP) is 3.82. The number of sulfonamides is 1. The van der Waals surface area contributed by atoms with Gasteiger partial charge in [0.05, 0.1) is 23.7 Å². The summed E-state index contributed by atoms with van der Waals surface area (Å²) in [6.07, 6.45) is 0. The molecule has 11 heteroatoms. The number of nitrogens with zero attached hydrogens (tertiary/aromatic N) is 5. The minimum atomic E-state index is -3.64. The summed E-state index contributed by atoms with van der Waals surface area (Å²) < 4.78 is 30.8. The summed E-state index contributed by atoms with van der Waals surface area (Å²) in [4.78, 5) is 4.77. The summed E-state index contributed by atoms with van der Waals surface area (Å²) in [6, 6.07) is 26.5. The largest absolute Gasteiger partial charge is 0.325 e. The highest BCUT2D eigenvalue weighted by atomic mass is 32.2. The predicted molar refractivity (Wildman–Crippen MR) is 147 cm³/mol. The van der Waals surface area contributed by atoms with Crippen LogP contribution in [0.3, 0.4) is 0 Å². The van der Waals surface area contributed by atoms with E-state index in [9.17, 15) is 8.42 Å². The van der Waals surface area contributed by atoms with E-state index in [0.29, 0.717) is 30.2 Å². The topological polar surface area (TPSA) is 144 Å². The second-order valence-electron chi connectivity index (χ2n) is 8.97. The number of aromatic nitrogens is 6. The molecule has 0 atom stereocenters. The first-order chi connectivity index (χ1) is 18.5. The zero-order valence-electron chi connectivity index (χ0n) is 20.2. The van der Waals surface area contributed by atoms with Crippen molar-refractivity contribution in [3.05, 3.63) is 102 Å². The summed E-state index contributed by atoms with van der Waals surface area (Å²) in [5.41, 5.74) is 10.2. The molecule has 0 unspecified atom stereocenters. The van der Waals surface area contributed by atoms with Crippen LogP contribution in [-0.4, -0.2) is 38.6 Å². The fourth-order valence-electron chi connectivity index (χ4n) is 4.66. The quantitative estimate of drug-likeness (QED) is 0.274.